The molecule has 3 aromatic carbocycles. The molecule has 8 heteroatoms. The molecule has 28 heavy (non-hydrogen) atoms. The number of non-ortho nitro benzene ring substituents is 1. The lowest BCUT2D eigenvalue weighted by molar-refractivity contribution is -0.384. The summed E-state index contributed by atoms with van der Waals surface area (Å²) in [7, 11) is 0. The van der Waals surface area contributed by atoms with Crippen LogP contribution in [0.3, 0.4) is 0 Å². The van der Waals surface area contributed by atoms with Crippen molar-refractivity contribution in [2.24, 2.45) is 0 Å². The number of amides is 2. The number of nitrogens with zero attached hydrogens (tertiary/aromatic N) is 1. The fourth-order valence-corrected chi connectivity index (χ4v) is 2.74. The van der Waals surface area contributed by atoms with Gasteiger partial charge in [-0.05, 0) is 42.5 Å². The topological polar surface area (TPSA) is 101 Å². The van der Waals surface area contributed by atoms with E-state index in [2.05, 4.69) is 26.6 Å². The van der Waals surface area contributed by atoms with Gasteiger partial charge in [0.25, 0.3) is 17.5 Å². The Morgan fingerprint density at radius 1 is 0.857 bits per heavy atom. The summed E-state index contributed by atoms with van der Waals surface area (Å²) < 4.78 is 0.884. The molecule has 0 unspecified atom stereocenters. The molecule has 0 saturated carbocycles. The number of carbonyl (C=O) groups excluding carboxylic acids is 2. The zero-order chi connectivity index (χ0) is 20.1. The molecule has 0 aromatic heterocycles. The van der Waals surface area contributed by atoms with Crippen LogP contribution in [0.2, 0.25) is 0 Å². The van der Waals surface area contributed by atoms with E-state index in [1.807, 2.05) is 0 Å². The summed E-state index contributed by atoms with van der Waals surface area (Å²) in [6.07, 6.45) is 0. The van der Waals surface area contributed by atoms with Crippen molar-refractivity contribution in [3.8, 4) is 0 Å². The van der Waals surface area contributed by atoms with Gasteiger partial charge in [0.15, 0.2) is 0 Å². The van der Waals surface area contributed by atoms with E-state index in [0.29, 0.717) is 11.4 Å². The zero-order valence-corrected chi connectivity index (χ0v) is 16.0. The van der Waals surface area contributed by atoms with Gasteiger partial charge in [-0.15, -0.1) is 0 Å². The maximum Gasteiger partial charge on any atom is 0.270 e. The fraction of sp³-hybridized carbons (Fsp3) is 0. The standard InChI is InChI=1S/C20H14BrN3O4/c21-14-8-10-15(11-9-14)22-20(26)17-6-1-2-7-18(17)23-19(25)13-4-3-5-16(12-13)24(27)28/h1-12H,(H,22,26)(H,23,25). The van der Waals surface area contributed by atoms with E-state index in [4.69, 9.17) is 0 Å². The van der Waals surface area contributed by atoms with E-state index in [1.54, 1.807) is 48.5 Å². The largest absolute Gasteiger partial charge is 0.322 e. The molecule has 0 aliphatic rings. The van der Waals surface area contributed by atoms with Gasteiger partial charge in [0, 0.05) is 27.9 Å². The van der Waals surface area contributed by atoms with Gasteiger partial charge in [-0.25, -0.2) is 0 Å². The highest BCUT2D eigenvalue weighted by atomic mass is 79.9. The van der Waals surface area contributed by atoms with Crippen molar-refractivity contribution < 1.29 is 14.5 Å². The Morgan fingerprint density at radius 3 is 2.29 bits per heavy atom. The number of hydrogen-bond donors (Lipinski definition) is 2. The van der Waals surface area contributed by atoms with E-state index < -0.39 is 16.7 Å². The number of nitro benzene ring substituents is 1. The summed E-state index contributed by atoms with van der Waals surface area (Å²) >= 11 is 3.33. The SMILES string of the molecule is O=C(Nc1ccccc1C(=O)Nc1ccc(Br)cc1)c1cccc([N+](=O)[O-])c1. The first-order chi connectivity index (χ1) is 13.4. The van der Waals surface area contributed by atoms with Gasteiger partial charge in [0.2, 0.25) is 0 Å². The molecular weight excluding hydrogens is 426 g/mol. The monoisotopic (exact) mass is 439 g/mol. The van der Waals surface area contributed by atoms with E-state index in [9.17, 15) is 19.7 Å². The molecule has 2 N–H and O–H groups in total. The van der Waals surface area contributed by atoms with Crippen molar-refractivity contribution >= 4 is 44.8 Å². The van der Waals surface area contributed by atoms with Gasteiger partial charge in [-0.1, -0.05) is 34.1 Å². The van der Waals surface area contributed by atoms with Gasteiger partial charge < -0.3 is 10.6 Å². The number of hydrogen-bond acceptors (Lipinski definition) is 4. The molecular formula is C20H14BrN3O4. The fourth-order valence-electron chi connectivity index (χ4n) is 2.48. The number of halogens is 1. The van der Waals surface area contributed by atoms with E-state index >= 15 is 0 Å². The van der Waals surface area contributed by atoms with Crippen LogP contribution < -0.4 is 10.6 Å². The van der Waals surface area contributed by atoms with Crippen LogP contribution in [0.15, 0.2) is 77.3 Å². The third kappa shape index (κ3) is 4.60. The molecule has 3 rings (SSSR count). The molecule has 0 heterocycles. The lowest BCUT2D eigenvalue weighted by atomic mass is 10.1. The van der Waals surface area contributed by atoms with Gasteiger partial charge >= 0.3 is 0 Å². The van der Waals surface area contributed by atoms with Gasteiger partial charge in [-0.3, -0.25) is 19.7 Å². The second-order valence-electron chi connectivity index (χ2n) is 5.77. The molecule has 0 bridgehead atoms. The number of benzene rings is 3. The van der Waals surface area contributed by atoms with Crippen LogP contribution in [0.1, 0.15) is 20.7 Å². The molecule has 0 aliphatic carbocycles. The molecule has 0 spiro atoms. The highest BCUT2D eigenvalue weighted by molar-refractivity contribution is 9.10. The highest BCUT2D eigenvalue weighted by Crippen LogP contribution is 2.21. The smallest absolute Gasteiger partial charge is 0.270 e. The van der Waals surface area contributed by atoms with Crippen LogP contribution in [0.25, 0.3) is 0 Å². The van der Waals surface area contributed by atoms with E-state index in [0.717, 1.165) is 4.47 Å². The molecule has 7 nitrogen and oxygen atoms in total. The summed E-state index contributed by atoms with van der Waals surface area (Å²) in [5, 5.41) is 16.3. The van der Waals surface area contributed by atoms with E-state index in [1.165, 1.54) is 24.3 Å². The Balaban J connectivity index is 1.81. The lowest BCUT2D eigenvalue weighted by Gasteiger charge is -2.11. The Morgan fingerprint density at radius 2 is 1.57 bits per heavy atom. The Kier molecular flexibility index (Phi) is 5.81. The third-order valence-corrected chi connectivity index (χ3v) is 4.37. The number of nitro groups is 1. The summed E-state index contributed by atoms with van der Waals surface area (Å²) in [5.74, 6) is -0.940. The van der Waals surface area contributed by atoms with E-state index in [-0.39, 0.29) is 16.8 Å². The number of nitrogens with one attached hydrogen (secondary N) is 2. The molecule has 0 radical (unpaired) electrons. The third-order valence-electron chi connectivity index (χ3n) is 3.84. The average Bonchev–Trinajstić information content (AvgIpc) is 2.70. The summed E-state index contributed by atoms with van der Waals surface area (Å²) in [5.41, 5.74) is 1.11. The quantitative estimate of drug-likeness (QED) is 0.437. The first-order valence-corrected chi connectivity index (χ1v) is 8.95. The molecule has 0 saturated heterocycles. The molecule has 0 atom stereocenters. The molecule has 0 aliphatic heterocycles. The van der Waals surface area contributed by atoms with Crippen LogP contribution in [0.5, 0.6) is 0 Å². The first kappa shape index (κ1) is 19.2. The average molecular weight is 440 g/mol. The molecule has 3 aromatic rings. The minimum atomic E-state index is -0.573. The summed E-state index contributed by atoms with van der Waals surface area (Å²) in [6, 6.07) is 19.0. The van der Waals surface area contributed by atoms with Crippen molar-refractivity contribution in [3.05, 3.63) is 98.5 Å². The highest BCUT2D eigenvalue weighted by Gasteiger charge is 2.16. The minimum absolute atomic E-state index is 0.123. The van der Waals surface area contributed by atoms with Crippen LogP contribution >= 0.6 is 15.9 Å². The number of rotatable bonds is 5. The Labute approximate surface area is 168 Å². The van der Waals surface area contributed by atoms with Gasteiger partial charge in [-0.2, -0.15) is 0 Å². The van der Waals surface area contributed by atoms with Crippen LogP contribution in [-0.4, -0.2) is 16.7 Å². The molecule has 140 valence electrons. The van der Waals surface area contributed by atoms with Crippen LogP contribution in [0, 0.1) is 10.1 Å². The minimum Gasteiger partial charge on any atom is -0.322 e. The van der Waals surface area contributed by atoms with Crippen molar-refractivity contribution in [1.29, 1.82) is 0 Å². The summed E-state index contributed by atoms with van der Waals surface area (Å²) in [4.78, 5) is 35.4. The Bertz CT molecular complexity index is 1050. The first-order valence-electron chi connectivity index (χ1n) is 8.16. The number of para-hydroxylation sites is 1. The van der Waals surface area contributed by atoms with Crippen LogP contribution in [-0.2, 0) is 0 Å². The Hall–Kier alpha value is -3.52. The number of anilines is 2. The maximum atomic E-state index is 12.6. The second kappa shape index (κ2) is 8.45. The molecule has 0 fully saturated rings. The van der Waals surface area contributed by atoms with Gasteiger partial charge in [0.05, 0.1) is 16.2 Å². The van der Waals surface area contributed by atoms with Crippen molar-refractivity contribution in [3.63, 3.8) is 0 Å². The van der Waals surface area contributed by atoms with Crippen LogP contribution in [0.4, 0.5) is 17.1 Å². The normalized spacial score (nSPS) is 10.2. The predicted molar refractivity (Wildman–Crippen MR) is 110 cm³/mol. The summed E-state index contributed by atoms with van der Waals surface area (Å²) in [6.45, 7) is 0. The molecule has 2 amide bonds. The van der Waals surface area contributed by atoms with Crippen molar-refractivity contribution in [2.45, 2.75) is 0 Å². The van der Waals surface area contributed by atoms with Gasteiger partial charge in [0.1, 0.15) is 0 Å². The predicted octanol–water partition coefficient (Wildman–Crippen LogP) is 4.86. The second-order valence-corrected chi connectivity index (χ2v) is 6.68. The van der Waals surface area contributed by atoms with Crippen molar-refractivity contribution in [1.82, 2.24) is 0 Å². The lowest BCUT2D eigenvalue weighted by Crippen LogP contribution is -2.18. The maximum absolute atomic E-state index is 12.6. The zero-order valence-electron chi connectivity index (χ0n) is 14.4. The van der Waals surface area contributed by atoms with Crippen molar-refractivity contribution in [2.75, 3.05) is 10.6 Å². The number of carbonyl (C=O) groups is 2.